The Morgan fingerprint density at radius 1 is 0.269 bits per heavy atom. The summed E-state index contributed by atoms with van der Waals surface area (Å²) in [7, 11) is 0. The molecule has 6 heteroatoms. The molecular weight excluding hydrogens is 961 g/mol. The van der Waals surface area contributed by atoms with E-state index in [1.165, 1.54) is 141 Å². The summed E-state index contributed by atoms with van der Waals surface area (Å²) in [6.07, 6.45) is 89.5. The van der Waals surface area contributed by atoms with Crippen molar-refractivity contribution in [2.45, 2.75) is 316 Å². The van der Waals surface area contributed by atoms with E-state index in [9.17, 15) is 14.4 Å². The van der Waals surface area contributed by atoms with E-state index < -0.39 is 6.10 Å². The Kier molecular flexibility index (Phi) is 62.3. The third-order valence-corrected chi connectivity index (χ3v) is 14.0. The lowest BCUT2D eigenvalue weighted by Crippen LogP contribution is -2.30. The van der Waals surface area contributed by atoms with Crippen LogP contribution in [-0.2, 0) is 28.6 Å². The second kappa shape index (κ2) is 65.6. The number of unbranched alkanes of at least 4 members (excludes halogenated alkanes) is 30. The van der Waals surface area contributed by atoms with Gasteiger partial charge < -0.3 is 14.2 Å². The minimum absolute atomic E-state index is 0.0887. The molecule has 0 aromatic heterocycles. The first-order valence-electron chi connectivity index (χ1n) is 32.9. The Balaban J connectivity index is 4.38. The van der Waals surface area contributed by atoms with Crippen molar-refractivity contribution in [2.24, 2.45) is 0 Å². The molecule has 78 heavy (non-hydrogen) atoms. The number of allylic oxidation sites excluding steroid dienone is 18. The van der Waals surface area contributed by atoms with Gasteiger partial charge >= 0.3 is 17.9 Å². The first-order valence-corrected chi connectivity index (χ1v) is 32.9. The minimum atomic E-state index is -0.793. The lowest BCUT2D eigenvalue weighted by atomic mass is 10.0. The molecule has 446 valence electrons. The van der Waals surface area contributed by atoms with Crippen molar-refractivity contribution in [1.82, 2.24) is 0 Å². The second-order valence-electron chi connectivity index (χ2n) is 21.6. The molecule has 0 spiro atoms. The topological polar surface area (TPSA) is 78.9 Å². The predicted molar refractivity (Wildman–Crippen MR) is 339 cm³/mol. The standard InChI is InChI=1S/C72H122O6/c1-4-7-10-13-16-19-22-25-28-30-31-32-33-34-35-36-37-38-39-40-41-43-44-47-50-53-56-59-62-65-71(74)77-68-69(67-76-70(73)64-61-58-55-52-49-46-27-24-21-18-15-12-9-6-3)78-72(75)66-63-60-57-54-51-48-45-42-29-26-23-20-17-14-11-8-5-2/h7,10,16,19,24-25,27-28,31-32,34-35,37-38,40-41,44,47,69H,4-6,8-9,11-15,17-18,20-23,26,29-30,33,36,39,42-43,45-46,48-68H2,1-3H3/b10-7-,19-16-,27-24-,28-25-,32-31-,35-34-,38-37-,41-40-,47-44-. The van der Waals surface area contributed by atoms with Gasteiger partial charge in [-0.1, -0.05) is 291 Å². The molecule has 0 amide bonds. The lowest BCUT2D eigenvalue weighted by molar-refractivity contribution is -0.167. The van der Waals surface area contributed by atoms with Crippen LogP contribution in [0, 0.1) is 0 Å². The molecule has 0 aromatic carbocycles. The quantitative estimate of drug-likeness (QED) is 0.0261. The summed E-state index contributed by atoms with van der Waals surface area (Å²) in [5.74, 6) is -0.912. The molecular formula is C72H122O6. The summed E-state index contributed by atoms with van der Waals surface area (Å²) in [6.45, 7) is 6.52. The number of carbonyl (C=O) groups is 3. The Morgan fingerprint density at radius 3 is 0.795 bits per heavy atom. The van der Waals surface area contributed by atoms with E-state index in [2.05, 4.69) is 130 Å². The maximum atomic E-state index is 12.9. The molecule has 0 aromatic rings. The number of ether oxygens (including phenoxy) is 3. The van der Waals surface area contributed by atoms with Crippen LogP contribution in [0.5, 0.6) is 0 Å². The van der Waals surface area contributed by atoms with E-state index in [1.54, 1.807) is 0 Å². The van der Waals surface area contributed by atoms with Crippen LogP contribution in [0.3, 0.4) is 0 Å². The number of rotatable bonds is 59. The van der Waals surface area contributed by atoms with Gasteiger partial charge in [-0.2, -0.15) is 0 Å². The van der Waals surface area contributed by atoms with Crippen LogP contribution in [0.4, 0.5) is 0 Å². The van der Waals surface area contributed by atoms with Crippen molar-refractivity contribution in [3.63, 3.8) is 0 Å². The van der Waals surface area contributed by atoms with E-state index in [1.807, 2.05) is 0 Å². The zero-order chi connectivity index (χ0) is 56.4. The first-order chi connectivity index (χ1) is 38.5. The van der Waals surface area contributed by atoms with Crippen LogP contribution in [0.15, 0.2) is 109 Å². The molecule has 0 fully saturated rings. The highest BCUT2D eigenvalue weighted by atomic mass is 16.6. The summed E-state index contributed by atoms with van der Waals surface area (Å²) in [5.41, 5.74) is 0. The lowest BCUT2D eigenvalue weighted by Gasteiger charge is -2.18. The van der Waals surface area contributed by atoms with Gasteiger partial charge in [0.25, 0.3) is 0 Å². The minimum Gasteiger partial charge on any atom is -0.462 e. The highest BCUT2D eigenvalue weighted by molar-refractivity contribution is 5.71. The van der Waals surface area contributed by atoms with Crippen LogP contribution < -0.4 is 0 Å². The molecule has 0 aliphatic rings. The smallest absolute Gasteiger partial charge is 0.306 e. The van der Waals surface area contributed by atoms with Crippen LogP contribution in [0.2, 0.25) is 0 Å². The third kappa shape index (κ3) is 62.9. The van der Waals surface area contributed by atoms with Crippen molar-refractivity contribution >= 4 is 17.9 Å². The zero-order valence-corrected chi connectivity index (χ0v) is 51.2. The maximum absolute atomic E-state index is 12.9. The number of carbonyl (C=O) groups excluding carboxylic acids is 3. The Labute approximate surface area is 482 Å². The van der Waals surface area contributed by atoms with Crippen LogP contribution in [0.25, 0.3) is 0 Å². The van der Waals surface area contributed by atoms with Crippen LogP contribution >= 0.6 is 0 Å². The van der Waals surface area contributed by atoms with Crippen molar-refractivity contribution in [3.05, 3.63) is 109 Å². The largest absolute Gasteiger partial charge is 0.462 e. The predicted octanol–water partition coefficient (Wildman–Crippen LogP) is 22.6. The first kappa shape index (κ1) is 74.1. The maximum Gasteiger partial charge on any atom is 0.306 e. The summed E-state index contributed by atoms with van der Waals surface area (Å²) in [4.78, 5) is 38.3. The van der Waals surface area contributed by atoms with E-state index in [-0.39, 0.29) is 31.1 Å². The van der Waals surface area contributed by atoms with Crippen LogP contribution in [0.1, 0.15) is 310 Å². The van der Waals surface area contributed by atoms with Crippen LogP contribution in [-0.4, -0.2) is 37.2 Å². The van der Waals surface area contributed by atoms with Gasteiger partial charge in [-0.3, -0.25) is 14.4 Å². The molecule has 0 saturated carbocycles. The van der Waals surface area contributed by atoms with Gasteiger partial charge in [-0.15, -0.1) is 0 Å². The molecule has 0 N–H and O–H groups in total. The van der Waals surface area contributed by atoms with Gasteiger partial charge in [0.05, 0.1) is 0 Å². The number of hydrogen-bond acceptors (Lipinski definition) is 6. The summed E-state index contributed by atoms with van der Waals surface area (Å²) < 4.78 is 16.9. The molecule has 0 aliphatic carbocycles. The Bertz CT molecular complexity index is 1570. The molecule has 0 aliphatic heterocycles. The fourth-order valence-corrected chi connectivity index (χ4v) is 9.10. The SMILES string of the molecule is CC/C=C\C/C=C\C/C=C\C/C=C\C/C=C\C/C=C\C/C=C\C/C=C\CCCCCCC(=O)OCC(COC(=O)CCCCCCC/C=C\CCCCCCC)OC(=O)CCCCCCCCCCCCCCCCCCC. The van der Waals surface area contributed by atoms with E-state index in [0.717, 1.165) is 128 Å². The Hall–Kier alpha value is -3.93. The third-order valence-electron chi connectivity index (χ3n) is 14.0. The molecule has 0 heterocycles. The van der Waals surface area contributed by atoms with E-state index in [0.29, 0.717) is 19.3 Å². The molecule has 0 rings (SSSR count). The average Bonchev–Trinajstić information content (AvgIpc) is 3.44. The fourth-order valence-electron chi connectivity index (χ4n) is 9.10. The zero-order valence-electron chi connectivity index (χ0n) is 51.2. The number of hydrogen-bond donors (Lipinski definition) is 0. The fraction of sp³-hybridized carbons (Fsp3) is 0.708. The molecule has 0 radical (unpaired) electrons. The Morgan fingerprint density at radius 2 is 0.500 bits per heavy atom. The van der Waals surface area contributed by atoms with Gasteiger partial charge in [-0.05, 0) is 109 Å². The number of esters is 3. The van der Waals surface area contributed by atoms with Gasteiger partial charge in [0.1, 0.15) is 13.2 Å². The highest BCUT2D eigenvalue weighted by Crippen LogP contribution is 2.16. The molecule has 1 atom stereocenters. The summed E-state index contributed by atoms with van der Waals surface area (Å²) in [5, 5.41) is 0. The second-order valence-corrected chi connectivity index (χ2v) is 21.6. The average molecular weight is 1080 g/mol. The molecule has 6 nitrogen and oxygen atoms in total. The molecule has 0 saturated heterocycles. The van der Waals surface area contributed by atoms with Gasteiger partial charge in [-0.25, -0.2) is 0 Å². The van der Waals surface area contributed by atoms with Gasteiger partial charge in [0.2, 0.25) is 0 Å². The van der Waals surface area contributed by atoms with E-state index in [4.69, 9.17) is 14.2 Å². The van der Waals surface area contributed by atoms with Crippen molar-refractivity contribution in [3.8, 4) is 0 Å². The van der Waals surface area contributed by atoms with Gasteiger partial charge in [0, 0.05) is 19.3 Å². The van der Waals surface area contributed by atoms with E-state index >= 15 is 0 Å². The van der Waals surface area contributed by atoms with Gasteiger partial charge in [0.15, 0.2) is 6.10 Å². The molecule has 0 bridgehead atoms. The van der Waals surface area contributed by atoms with Crippen molar-refractivity contribution in [1.29, 1.82) is 0 Å². The monoisotopic (exact) mass is 1080 g/mol. The molecule has 1 unspecified atom stereocenters. The normalized spacial score (nSPS) is 12.8. The van der Waals surface area contributed by atoms with Crippen molar-refractivity contribution < 1.29 is 28.6 Å². The van der Waals surface area contributed by atoms with Crippen molar-refractivity contribution in [2.75, 3.05) is 13.2 Å². The highest BCUT2D eigenvalue weighted by Gasteiger charge is 2.19. The summed E-state index contributed by atoms with van der Waals surface area (Å²) >= 11 is 0. The summed E-state index contributed by atoms with van der Waals surface area (Å²) in [6, 6.07) is 0.